The third-order valence-electron chi connectivity index (χ3n) is 6.45. The largest absolute Gasteiger partial charge is 0.377 e. The summed E-state index contributed by atoms with van der Waals surface area (Å²) < 4.78 is 19.0. The van der Waals surface area contributed by atoms with Crippen LogP contribution in [0.15, 0.2) is 121 Å². The van der Waals surface area contributed by atoms with Gasteiger partial charge in [0.15, 0.2) is 0 Å². The van der Waals surface area contributed by atoms with Crippen LogP contribution in [0.1, 0.15) is 28.7 Å². The van der Waals surface area contributed by atoms with Gasteiger partial charge < -0.3 is 14.2 Å². The van der Waals surface area contributed by atoms with Gasteiger partial charge in [0.25, 0.3) is 0 Å². The van der Waals surface area contributed by atoms with Gasteiger partial charge >= 0.3 is 0 Å². The number of hydrogen-bond acceptors (Lipinski definition) is 5. The number of nitrogens with one attached hydrogen (secondary N) is 1. The van der Waals surface area contributed by atoms with Gasteiger partial charge in [-0.25, -0.2) is 0 Å². The molecule has 0 aliphatic carbocycles. The van der Waals surface area contributed by atoms with Crippen molar-refractivity contribution in [2.24, 2.45) is 0 Å². The molecule has 4 rings (SSSR count). The first-order chi connectivity index (χ1) is 19.3. The molecule has 0 aliphatic heterocycles. The second-order valence-corrected chi connectivity index (χ2v) is 9.40. The highest BCUT2D eigenvalue weighted by molar-refractivity contribution is 5.17. The number of benzene rings is 4. The van der Waals surface area contributed by atoms with E-state index in [1.165, 1.54) is 0 Å². The zero-order chi connectivity index (χ0) is 27.0. The normalized spacial score (nSPS) is 13.3. The average molecular weight is 521 g/mol. The molecule has 3 atom stereocenters. The van der Waals surface area contributed by atoms with Crippen LogP contribution in [-0.4, -0.2) is 24.9 Å². The molecule has 0 bridgehead atoms. The summed E-state index contributed by atoms with van der Waals surface area (Å²) in [6, 6.07) is 42.1. The van der Waals surface area contributed by atoms with Gasteiger partial charge in [-0.2, -0.15) is 5.26 Å². The number of nitrogens with zero attached hydrogens (tertiary/aromatic N) is 1. The molecule has 0 saturated carbocycles. The Hall–Kier alpha value is -3.79. The molecule has 0 heterocycles. The standard InChI is InChI=1S/C34H36N2O3/c35-23-32(36-24-28-13-5-1-6-14-28)34(39-27-31-19-11-4-12-20-31)33(38-26-30-17-9-3-10-18-30)21-22-37-25-29-15-7-2-8-16-29/h1-20,32-34,36H,21-22,24-27H2. The fourth-order valence-corrected chi connectivity index (χ4v) is 4.33. The maximum absolute atomic E-state index is 10.2. The molecule has 0 aliphatic rings. The number of nitriles is 1. The van der Waals surface area contributed by atoms with E-state index >= 15 is 0 Å². The molecule has 0 spiro atoms. The minimum absolute atomic E-state index is 0.363. The zero-order valence-corrected chi connectivity index (χ0v) is 22.2. The molecule has 0 fully saturated rings. The van der Waals surface area contributed by atoms with E-state index in [0.717, 1.165) is 22.3 Å². The van der Waals surface area contributed by atoms with Crippen LogP contribution in [0.25, 0.3) is 0 Å². The van der Waals surface area contributed by atoms with Crippen molar-refractivity contribution in [2.45, 2.75) is 51.0 Å². The van der Waals surface area contributed by atoms with Crippen LogP contribution in [0.2, 0.25) is 0 Å². The first kappa shape index (κ1) is 28.2. The van der Waals surface area contributed by atoms with Crippen LogP contribution in [0.5, 0.6) is 0 Å². The number of ether oxygens (including phenoxy) is 3. The molecule has 4 aromatic rings. The quantitative estimate of drug-likeness (QED) is 0.172. The summed E-state index contributed by atoms with van der Waals surface area (Å²) in [4.78, 5) is 0. The van der Waals surface area contributed by atoms with Crippen LogP contribution in [0.4, 0.5) is 0 Å². The van der Waals surface area contributed by atoms with E-state index in [4.69, 9.17) is 14.2 Å². The van der Waals surface area contributed by atoms with Gasteiger partial charge in [0, 0.05) is 13.2 Å². The van der Waals surface area contributed by atoms with Gasteiger partial charge in [-0.15, -0.1) is 0 Å². The molecule has 0 amide bonds. The Kier molecular flexibility index (Phi) is 11.7. The lowest BCUT2D eigenvalue weighted by Gasteiger charge is -2.31. The summed E-state index contributed by atoms with van der Waals surface area (Å²) in [5.41, 5.74) is 4.34. The van der Waals surface area contributed by atoms with E-state index in [1.54, 1.807) is 0 Å². The Bertz CT molecular complexity index is 1230. The number of hydrogen-bond donors (Lipinski definition) is 1. The lowest BCUT2D eigenvalue weighted by atomic mass is 10.0. The molecule has 5 nitrogen and oxygen atoms in total. The van der Waals surface area contributed by atoms with Gasteiger partial charge in [0.2, 0.25) is 0 Å². The van der Waals surface area contributed by atoms with Gasteiger partial charge in [0.05, 0.1) is 32.0 Å². The lowest BCUT2D eigenvalue weighted by molar-refractivity contribution is -0.103. The van der Waals surface area contributed by atoms with Crippen LogP contribution in [0, 0.1) is 11.3 Å². The van der Waals surface area contributed by atoms with Gasteiger partial charge in [-0.05, 0) is 28.7 Å². The molecule has 200 valence electrons. The van der Waals surface area contributed by atoms with Gasteiger partial charge in [0.1, 0.15) is 12.1 Å². The fourth-order valence-electron chi connectivity index (χ4n) is 4.33. The summed E-state index contributed by atoms with van der Waals surface area (Å²) in [6.07, 6.45) is -0.287. The molecule has 4 aromatic carbocycles. The molecule has 1 N–H and O–H groups in total. The van der Waals surface area contributed by atoms with E-state index in [2.05, 4.69) is 11.4 Å². The maximum Gasteiger partial charge on any atom is 0.125 e. The Morgan fingerprint density at radius 1 is 0.590 bits per heavy atom. The first-order valence-corrected chi connectivity index (χ1v) is 13.4. The molecular formula is C34H36N2O3. The molecule has 0 saturated heterocycles. The smallest absolute Gasteiger partial charge is 0.125 e. The summed E-state index contributed by atoms with van der Waals surface area (Å²) >= 11 is 0. The summed E-state index contributed by atoms with van der Waals surface area (Å²) in [5, 5.41) is 13.7. The fraction of sp³-hybridized carbons (Fsp3) is 0.265. The van der Waals surface area contributed by atoms with Crippen LogP contribution in [-0.2, 0) is 40.6 Å². The number of rotatable bonds is 16. The van der Waals surface area contributed by atoms with E-state index in [0.29, 0.717) is 39.4 Å². The Labute approximate surface area is 232 Å². The molecule has 0 aromatic heterocycles. The molecule has 5 heteroatoms. The summed E-state index contributed by atoms with van der Waals surface area (Å²) in [7, 11) is 0. The second kappa shape index (κ2) is 16.2. The third-order valence-corrected chi connectivity index (χ3v) is 6.45. The third kappa shape index (κ3) is 9.79. The van der Waals surface area contributed by atoms with Crippen molar-refractivity contribution in [3.8, 4) is 6.07 Å². The molecule has 39 heavy (non-hydrogen) atoms. The molecule has 0 radical (unpaired) electrons. The molecule has 3 unspecified atom stereocenters. The van der Waals surface area contributed by atoms with Crippen molar-refractivity contribution in [2.75, 3.05) is 6.61 Å². The predicted molar refractivity (Wildman–Crippen MR) is 153 cm³/mol. The van der Waals surface area contributed by atoms with E-state index in [-0.39, 0.29) is 6.10 Å². The van der Waals surface area contributed by atoms with Crippen molar-refractivity contribution >= 4 is 0 Å². The van der Waals surface area contributed by atoms with Crippen molar-refractivity contribution < 1.29 is 14.2 Å². The SMILES string of the molecule is N#CC(NCc1ccccc1)C(OCc1ccccc1)C(CCOCc1ccccc1)OCc1ccccc1. The lowest BCUT2D eigenvalue weighted by Crippen LogP contribution is -2.48. The highest BCUT2D eigenvalue weighted by atomic mass is 16.5. The van der Waals surface area contributed by atoms with Crippen LogP contribution >= 0.6 is 0 Å². The van der Waals surface area contributed by atoms with Crippen molar-refractivity contribution in [1.82, 2.24) is 5.32 Å². The van der Waals surface area contributed by atoms with Crippen molar-refractivity contribution in [3.63, 3.8) is 0 Å². The van der Waals surface area contributed by atoms with E-state index in [1.807, 2.05) is 121 Å². The second-order valence-electron chi connectivity index (χ2n) is 9.40. The summed E-state index contributed by atoms with van der Waals surface area (Å²) in [6.45, 7) is 2.37. The van der Waals surface area contributed by atoms with Crippen LogP contribution < -0.4 is 5.32 Å². The molecular weight excluding hydrogens is 484 g/mol. The Balaban J connectivity index is 1.49. The van der Waals surface area contributed by atoms with Crippen LogP contribution in [0.3, 0.4) is 0 Å². The summed E-state index contributed by atoms with van der Waals surface area (Å²) in [5.74, 6) is 0. The maximum atomic E-state index is 10.2. The van der Waals surface area contributed by atoms with Crippen molar-refractivity contribution in [3.05, 3.63) is 144 Å². The highest BCUT2D eigenvalue weighted by Gasteiger charge is 2.31. The van der Waals surface area contributed by atoms with E-state index in [9.17, 15) is 5.26 Å². The topological polar surface area (TPSA) is 63.5 Å². The first-order valence-electron chi connectivity index (χ1n) is 13.4. The van der Waals surface area contributed by atoms with Gasteiger partial charge in [-0.3, -0.25) is 5.32 Å². The predicted octanol–water partition coefficient (Wildman–Crippen LogP) is 6.45. The average Bonchev–Trinajstić information content (AvgIpc) is 3.01. The minimum atomic E-state index is -0.580. The Morgan fingerprint density at radius 3 is 1.56 bits per heavy atom. The minimum Gasteiger partial charge on any atom is -0.377 e. The van der Waals surface area contributed by atoms with E-state index < -0.39 is 12.1 Å². The zero-order valence-electron chi connectivity index (χ0n) is 22.2. The van der Waals surface area contributed by atoms with Gasteiger partial charge in [-0.1, -0.05) is 121 Å². The highest BCUT2D eigenvalue weighted by Crippen LogP contribution is 2.19. The Morgan fingerprint density at radius 2 is 1.05 bits per heavy atom. The monoisotopic (exact) mass is 520 g/mol. The van der Waals surface area contributed by atoms with Crippen molar-refractivity contribution in [1.29, 1.82) is 5.26 Å².